The van der Waals surface area contributed by atoms with Gasteiger partial charge >= 0.3 is 0 Å². The van der Waals surface area contributed by atoms with Gasteiger partial charge in [-0.15, -0.1) is 0 Å². The Morgan fingerprint density at radius 3 is 2.80 bits per heavy atom. The number of benzene rings is 1. The van der Waals surface area contributed by atoms with Crippen LogP contribution in [0.1, 0.15) is 32.6 Å². The van der Waals surface area contributed by atoms with Crippen LogP contribution in [-0.4, -0.2) is 11.2 Å². The van der Waals surface area contributed by atoms with Crippen LogP contribution in [-0.2, 0) is 0 Å². The summed E-state index contributed by atoms with van der Waals surface area (Å²) in [5.74, 6) is 1.61. The van der Waals surface area contributed by atoms with E-state index in [1.54, 1.807) is 6.07 Å². The third-order valence-electron chi connectivity index (χ3n) is 3.05. The second-order valence-electron chi connectivity index (χ2n) is 4.48. The standard InChI is InChI=1S/C13H18O2/c1-10-5-4-6-11(9-10)15-13-8-3-2-7-12(13)14/h2-3,7-8,10-11,14H,4-6,9H2,1H3. The monoisotopic (exact) mass is 206 g/mol. The maximum atomic E-state index is 9.58. The minimum atomic E-state index is 0.246. The van der Waals surface area contributed by atoms with E-state index in [0.717, 1.165) is 18.8 Å². The summed E-state index contributed by atoms with van der Waals surface area (Å²) >= 11 is 0. The van der Waals surface area contributed by atoms with Crippen molar-refractivity contribution in [3.8, 4) is 11.5 Å². The molecule has 2 unspecified atom stereocenters. The lowest BCUT2D eigenvalue weighted by molar-refractivity contribution is 0.125. The summed E-state index contributed by atoms with van der Waals surface area (Å²) < 4.78 is 5.81. The van der Waals surface area contributed by atoms with Crippen molar-refractivity contribution in [3.63, 3.8) is 0 Å². The van der Waals surface area contributed by atoms with Crippen molar-refractivity contribution in [2.24, 2.45) is 5.92 Å². The van der Waals surface area contributed by atoms with Crippen molar-refractivity contribution in [2.75, 3.05) is 0 Å². The summed E-state index contributed by atoms with van der Waals surface area (Å²) in [7, 11) is 0. The zero-order valence-electron chi connectivity index (χ0n) is 9.15. The molecule has 0 saturated heterocycles. The van der Waals surface area contributed by atoms with E-state index in [4.69, 9.17) is 4.74 Å². The molecule has 1 aromatic carbocycles. The van der Waals surface area contributed by atoms with Crippen molar-refractivity contribution < 1.29 is 9.84 Å². The smallest absolute Gasteiger partial charge is 0.161 e. The van der Waals surface area contributed by atoms with Crippen LogP contribution in [0.25, 0.3) is 0 Å². The fraction of sp³-hybridized carbons (Fsp3) is 0.538. The Morgan fingerprint density at radius 2 is 2.07 bits per heavy atom. The number of ether oxygens (including phenoxy) is 1. The molecule has 1 N–H and O–H groups in total. The van der Waals surface area contributed by atoms with E-state index in [0.29, 0.717) is 5.75 Å². The van der Waals surface area contributed by atoms with E-state index < -0.39 is 0 Å². The van der Waals surface area contributed by atoms with Crippen molar-refractivity contribution >= 4 is 0 Å². The first-order chi connectivity index (χ1) is 7.25. The minimum absolute atomic E-state index is 0.246. The van der Waals surface area contributed by atoms with Gasteiger partial charge in [0.2, 0.25) is 0 Å². The Labute approximate surface area is 90.9 Å². The molecule has 82 valence electrons. The van der Waals surface area contributed by atoms with Crippen LogP contribution < -0.4 is 4.74 Å². The molecule has 2 rings (SSSR count). The van der Waals surface area contributed by atoms with E-state index in [1.807, 2.05) is 18.2 Å². The first-order valence-electron chi connectivity index (χ1n) is 5.70. The first kappa shape index (κ1) is 10.3. The fourth-order valence-electron chi connectivity index (χ4n) is 2.22. The molecule has 2 atom stereocenters. The van der Waals surface area contributed by atoms with Crippen LogP contribution in [0.2, 0.25) is 0 Å². The van der Waals surface area contributed by atoms with Gasteiger partial charge in [-0.25, -0.2) is 0 Å². The third kappa shape index (κ3) is 2.65. The molecule has 0 bridgehead atoms. The molecule has 15 heavy (non-hydrogen) atoms. The Morgan fingerprint density at radius 1 is 1.27 bits per heavy atom. The number of hydrogen-bond acceptors (Lipinski definition) is 2. The second kappa shape index (κ2) is 4.56. The summed E-state index contributed by atoms with van der Waals surface area (Å²) in [6.07, 6.45) is 5.04. The molecule has 1 fully saturated rings. The Hall–Kier alpha value is -1.18. The summed E-state index contributed by atoms with van der Waals surface area (Å²) in [5.41, 5.74) is 0. The number of para-hydroxylation sites is 2. The Kier molecular flexibility index (Phi) is 3.14. The van der Waals surface area contributed by atoms with Gasteiger partial charge in [-0.3, -0.25) is 0 Å². The predicted octanol–water partition coefficient (Wildman–Crippen LogP) is 3.35. The summed E-state index contributed by atoms with van der Waals surface area (Å²) in [4.78, 5) is 0. The molecule has 1 saturated carbocycles. The summed E-state index contributed by atoms with van der Waals surface area (Å²) in [6.45, 7) is 2.26. The molecule has 0 aromatic heterocycles. The highest BCUT2D eigenvalue weighted by molar-refractivity contribution is 5.38. The molecule has 0 aliphatic heterocycles. The minimum Gasteiger partial charge on any atom is -0.504 e. The lowest BCUT2D eigenvalue weighted by atomic mass is 9.89. The van der Waals surface area contributed by atoms with Gasteiger partial charge in [-0.05, 0) is 37.3 Å². The zero-order chi connectivity index (χ0) is 10.7. The van der Waals surface area contributed by atoms with Gasteiger partial charge in [0.05, 0.1) is 6.10 Å². The number of phenols is 1. The maximum Gasteiger partial charge on any atom is 0.161 e. The van der Waals surface area contributed by atoms with Gasteiger partial charge < -0.3 is 9.84 Å². The molecular weight excluding hydrogens is 188 g/mol. The molecule has 0 heterocycles. The quantitative estimate of drug-likeness (QED) is 0.804. The SMILES string of the molecule is CC1CCCC(Oc2ccccc2O)C1. The third-order valence-corrected chi connectivity index (χ3v) is 3.05. The fourth-order valence-corrected chi connectivity index (χ4v) is 2.22. The second-order valence-corrected chi connectivity index (χ2v) is 4.48. The van der Waals surface area contributed by atoms with Crippen LogP contribution >= 0.6 is 0 Å². The highest BCUT2D eigenvalue weighted by Gasteiger charge is 2.20. The first-order valence-corrected chi connectivity index (χ1v) is 5.70. The van der Waals surface area contributed by atoms with Gasteiger partial charge in [-0.1, -0.05) is 25.5 Å². The van der Waals surface area contributed by atoms with Crippen LogP contribution in [0.4, 0.5) is 0 Å². The largest absolute Gasteiger partial charge is 0.504 e. The molecule has 2 nitrogen and oxygen atoms in total. The normalized spacial score (nSPS) is 26.2. The lowest BCUT2D eigenvalue weighted by Crippen LogP contribution is -2.24. The average Bonchev–Trinajstić information content (AvgIpc) is 2.22. The summed E-state index contributed by atoms with van der Waals surface area (Å²) in [6, 6.07) is 7.20. The highest BCUT2D eigenvalue weighted by Crippen LogP contribution is 2.31. The summed E-state index contributed by atoms with van der Waals surface area (Å²) in [5, 5.41) is 9.58. The van der Waals surface area contributed by atoms with Gasteiger partial charge in [0.25, 0.3) is 0 Å². The Balaban J connectivity index is 1.99. The molecule has 2 heteroatoms. The van der Waals surface area contributed by atoms with E-state index in [1.165, 1.54) is 12.8 Å². The molecule has 1 aliphatic carbocycles. The highest BCUT2D eigenvalue weighted by atomic mass is 16.5. The molecular formula is C13H18O2. The predicted molar refractivity (Wildman–Crippen MR) is 60.2 cm³/mol. The van der Waals surface area contributed by atoms with Gasteiger partial charge in [-0.2, -0.15) is 0 Å². The topological polar surface area (TPSA) is 29.5 Å². The number of phenolic OH excluding ortho intramolecular Hbond substituents is 1. The molecule has 1 aromatic rings. The van der Waals surface area contributed by atoms with Crippen LogP contribution in [0.15, 0.2) is 24.3 Å². The molecule has 0 radical (unpaired) electrons. The maximum absolute atomic E-state index is 9.58. The van der Waals surface area contributed by atoms with Crippen molar-refractivity contribution in [3.05, 3.63) is 24.3 Å². The molecule has 0 spiro atoms. The average molecular weight is 206 g/mol. The van der Waals surface area contributed by atoms with E-state index in [-0.39, 0.29) is 11.9 Å². The van der Waals surface area contributed by atoms with E-state index >= 15 is 0 Å². The Bertz CT molecular complexity index is 322. The van der Waals surface area contributed by atoms with Crippen LogP contribution in [0.3, 0.4) is 0 Å². The van der Waals surface area contributed by atoms with Crippen molar-refractivity contribution in [1.29, 1.82) is 0 Å². The van der Waals surface area contributed by atoms with Crippen LogP contribution in [0.5, 0.6) is 11.5 Å². The van der Waals surface area contributed by atoms with Crippen molar-refractivity contribution in [1.82, 2.24) is 0 Å². The van der Waals surface area contributed by atoms with Crippen molar-refractivity contribution in [2.45, 2.75) is 38.7 Å². The van der Waals surface area contributed by atoms with Crippen LogP contribution in [0, 0.1) is 5.92 Å². The molecule has 1 aliphatic rings. The van der Waals surface area contributed by atoms with E-state index in [9.17, 15) is 5.11 Å². The van der Waals surface area contributed by atoms with Gasteiger partial charge in [0.1, 0.15) is 0 Å². The van der Waals surface area contributed by atoms with Gasteiger partial charge in [0.15, 0.2) is 11.5 Å². The molecule has 0 amide bonds. The number of rotatable bonds is 2. The number of hydrogen-bond donors (Lipinski definition) is 1. The zero-order valence-corrected chi connectivity index (χ0v) is 9.15. The number of aromatic hydroxyl groups is 1. The van der Waals surface area contributed by atoms with Gasteiger partial charge in [0, 0.05) is 0 Å². The lowest BCUT2D eigenvalue weighted by Gasteiger charge is -2.27. The van der Waals surface area contributed by atoms with E-state index in [2.05, 4.69) is 6.92 Å².